The van der Waals surface area contributed by atoms with Crippen LogP contribution in [0.25, 0.3) is 0 Å². The number of urea groups is 1. The molecule has 0 aliphatic heterocycles. The minimum atomic E-state index is -0.935. The van der Waals surface area contributed by atoms with Crippen molar-refractivity contribution in [3.05, 3.63) is 0 Å². The number of nitrogens with one attached hydrogen (secondary N) is 1. The van der Waals surface area contributed by atoms with Crippen molar-refractivity contribution in [3.63, 3.8) is 0 Å². The third-order valence-electron chi connectivity index (χ3n) is 2.18. The van der Waals surface area contributed by atoms with Crippen LogP contribution >= 0.6 is 0 Å². The van der Waals surface area contributed by atoms with Gasteiger partial charge in [-0.25, -0.2) is 4.79 Å². The van der Waals surface area contributed by atoms with E-state index < -0.39 is 17.5 Å². The van der Waals surface area contributed by atoms with Gasteiger partial charge in [0.25, 0.3) is 5.91 Å². The van der Waals surface area contributed by atoms with E-state index in [0.717, 1.165) is 0 Å². The Kier molecular flexibility index (Phi) is 4.40. The number of hydrogen-bond acceptors (Lipinski definition) is 3. The number of methoxy groups -OCH3 is 1. The Hall–Kier alpha value is -1.10. The molecule has 3 amide bonds. The summed E-state index contributed by atoms with van der Waals surface area (Å²) in [6, 6.07) is -0.853. The normalized spacial score (nSPS) is 11.0. The molecule has 0 aliphatic rings. The zero-order chi connectivity index (χ0) is 10.5. The first-order valence-electron chi connectivity index (χ1n) is 4.18. The van der Waals surface area contributed by atoms with Gasteiger partial charge in [-0.1, -0.05) is 13.8 Å². The van der Waals surface area contributed by atoms with E-state index in [9.17, 15) is 9.59 Å². The largest absolute Gasteiger partial charge is 0.368 e. The zero-order valence-corrected chi connectivity index (χ0v) is 8.22. The number of carbonyl (C=O) groups is 2. The first kappa shape index (κ1) is 11.9. The molecule has 0 aliphatic carbocycles. The SMILES string of the molecule is CCC(CC)(OC)C(=O)NC(N)=O. The smallest absolute Gasteiger partial charge is 0.318 e. The second-order valence-electron chi connectivity index (χ2n) is 2.72. The van der Waals surface area contributed by atoms with Crippen LogP contribution in [-0.2, 0) is 9.53 Å². The van der Waals surface area contributed by atoms with Crippen LogP contribution < -0.4 is 11.1 Å². The molecule has 0 rings (SSSR count). The van der Waals surface area contributed by atoms with E-state index in [1.54, 1.807) is 0 Å². The highest BCUT2D eigenvalue weighted by atomic mass is 16.5. The van der Waals surface area contributed by atoms with Crippen molar-refractivity contribution < 1.29 is 14.3 Å². The number of imide groups is 1. The maximum Gasteiger partial charge on any atom is 0.318 e. The number of hydrogen-bond donors (Lipinski definition) is 2. The fourth-order valence-electron chi connectivity index (χ4n) is 1.18. The predicted octanol–water partition coefficient (Wildman–Crippen LogP) is 0.387. The van der Waals surface area contributed by atoms with E-state index in [-0.39, 0.29) is 0 Å². The molecule has 0 spiro atoms. The Morgan fingerprint density at radius 2 is 1.85 bits per heavy atom. The van der Waals surface area contributed by atoms with Gasteiger partial charge < -0.3 is 10.5 Å². The van der Waals surface area contributed by atoms with Gasteiger partial charge in [0, 0.05) is 7.11 Å². The molecule has 0 saturated heterocycles. The van der Waals surface area contributed by atoms with Crippen molar-refractivity contribution in [2.75, 3.05) is 7.11 Å². The molecule has 0 aromatic carbocycles. The molecule has 13 heavy (non-hydrogen) atoms. The fourth-order valence-corrected chi connectivity index (χ4v) is 1.18. The van der Waals surface area contributed by atoms with E-state index >= 15 is 0 Å². The molecule has 0 unspecified atom stereocenters. The Labute approximate surface area is 77.6 Å². The molecule has 76 valence electrons. The Balaban J connectivity index is 4.53. The molecular formula is C8H16N2O3. The van der Waals surface area contributed by atoms with Crippen LogP contribution in [0.5, 0.6) is 0 Å². The molecule has 0 saturated carbocycles. The van der Waals surface area contributed by atoms with Gasteiger partial charge in [-0.3, -0.25) is 10.1 Å². The van der Waals surface area contributed by atoms with Crippen molar-refractivity contribution in [2.45, 2.75) is 32.3 Å². The van der Waals surface area contributed by atoms with Gasteiger partial charge in [-0.15, -0.1) is 0 Å². The highest BCUT2D eigenvalue weighted by molar-refractivity contribution is 5.98. The van der Waals surface area contributed by atoms with Gasteiger partial charge in [0.05, 0.1) is 0 Å². The molecule has 5 heteroatoms. The molecule has 0 aromatic heterocycles. The van der Waals surface area contributed by atoms with E-state index in [1.807, 2.05) is 19.2 Å². The van der Waals surface area contributed by atoms with E-state index in [1.165, 1.54) is 7.11 Å². The monoisotopic (exact) mass is 188 g/mol. The minimum Gasteiger partial charge on any atom is -0.368 e. The summed E-state index contributed by atoms with van der Waals surface area (Å²) in [4.78, 5) is 21.9. The lowest BCUT2D eigenvalue weighted by Gasteiger charge is -2.27. The average Bonchev–Trinajstić information content (AvgIpc) is 2.07. The molecule has 0 fully saturated rings. The third-order valence-corrected chi connectivity index (χ3v) is 2.18. The van der Waals surface area contributed by atoms with Crippen LogP contribution in [0.3, 0.4) is 0 Å². The van der Waals surface area contributed by atoms with Crippen LogP contribution in [0.15, 0.2) is 0 Å². The highest BCUT2D eigenvalue weighted by Crippen LogP contribution is 2.19. The number of amides is 3. The standard InChI is InChI=1S/C8H16N2O3/c1-4-8(5-2,13-3)6(11)10-7(9)12/h4-5H2,1-3H3,(H3,9,10,11,12). The maximum absolute atomic E-state index is 11.4. The van der Waals surface area contributed by atoms with Crippen LogP contribution in [0.2, 0.25) is 0 Å². The van der Waals surface area contributed by atoms with Crippen molar-refractivity contribution in [1.82, 2.24) is 5.32 Å². The van der Waals surface area contributed by atoms with Crippen LogP contribution in [0, 0.1) is 0 Å². The Morgan fingerprint density at radius 3 is 2.08 bits per heavy atom. The Morgan fingerprint density at radius 1 is 1.38 bits per heavy atom. The van der Waals surface area contributed by atoms with Gasteiger partial charge in [-0.05, 0) is 12.8 Å². The maximum atomic E-state index is 11.4. The minimum absolute atomic E-state index is 0.479. The fraction of sp³-hybridized carbons (Fsp3) is 0.750. The summed E-state index contributed by atoms with van der Waals surface area (Å²) in [7, 11) is 1.44. The van der Waals surface area contributed by atoms with Gasteiger partial charge in [0.1, 0.15) is 5.60 Å². The summed E-state index contributed by atoms with van der Waals surface area (Å²) in [5.74, 6) is -0.479. The number of rotatable bonds is 4. The third kappa shape index (κ3) is 2.69. The number of ether oxygens (including phenoxy) is 1. The number of primary amides is 1. The van der Waals surface area contributed by atoms with E-state index in [4.69, 9.17) is 10.5 Å². The second kappa shape index (κ2) is 4.81. The van der Waals surface area contributed by atoms with Crippen molar-refractivity contribution in [3.8, 4) is 0 Å². The van der Waals surface area contributed by atoms with Gasteiger partial charge in [0.2, 0.25) is 0 Å². The summed E-state index contributed by atoms with van der Waals surface area (Å²) in [6.07, 6.45) is 0.998. The van der Waals surface area contributed by atoms with Gasteiger partial charge in [0.15, 0.2) is 0 Å². The predicted molar refractivity (Wildman–Crippen MR) is 48.0 cm³/mol. The average molecular weight is 188 g/mol. The summed E-state index contributed by atoms with van der Waals surface area (Å²) in [6.45, 7) is 3.63. The van der Waals surface area contributed by atoms with Crippen molar-refractivity contribution in [1.29, 1.82) is 0 Å². The summed E-state index contributed by atoms with van der Waals surface area (Å²) < 4.78 is 5.08. The lowest BCUT2D eigenvalue weighted by Crippen LogP contribution is -2.50. The first-order chi connectivity index (χ1) is 6.02. The number of nitrogens with two attached hydrogens (primary N) is 1. The van der Waals surface area contributed by atoms with Crippen LogP contribution in [0.4, 0.5) is 4.79 Å². The summed E-state index contributed by atoms with van der Waals surface area (Å²) in [5.41, 5.74) is 3.89. The van der Waals surface area contributed by atoms with Gasteiger partial charge >= 0.3 is 6.03 Å². The lowest BCUT2D eigenvalue weighted by atomic mass is 9.96. The van der Waals surface area contributed by atoms with E-state index in [0.29, 0.717) is 12.8 Å². The zero-order valence-electron chi connectivity index (χ0n) is 8.22. The molecule has 3 N–H and O–H groups in total. The second-order valence-corrected chi connectivity index (χ2v) is 2.72. The molecule has 0 heterocycles. The van der Waals surface area contributed by atoms with Crippen molar-refractivity contribution in [2.24, 2.45) is 5.73 Å². The summed E-state index contributed by atoms with van der Waals surface area (Å²) in [5, 5.41) is 2.01. The van der Waals surface area contributed by atoms with Crippen molar-refractivity contribution >= 4 is 11.9 Å². The first-order valence-corrected chi connectivity index (χ1v) is 4.18. The molecule has 5 nitrogen and oxygen atoms in total. The molecule has 0 radical (unpaired) electrons. The van der Waals surface area contributed by atoms with E-state index in [2.05, 4.69) is 0 Å². The van der Waals surface area contributed by atoms with Crippen LogP contribution in [-0.4, -0.2) is 24.6 Å². The molecular weight excluding hydrogens is 172 g/mol. The topological polar surface area (TPSA) is 81.4 Å². The highest BCUT2D eigenvalue weighted by Gasteiger charge is 2.35. The molecule has 0 aromatic rings. The number of carbonyl (C=O) groups excluding carboxylic acids is 2. The summed E-state index contributed by atoms with van der Waals surface area (Å²) >= 11 is 0. The molecule has 0 bridgehead atoms. The van der Waals surface area contributed by atoms with Gasteiger partial charge in [-0.2, -0.15) is 0 Å². The lowest BCUT2D eigenvalue weighted by molar-refractivity contribution is -0.143. The molecule has 0 atom stereocenters. The Bertz CT molecular complexity index is 191. The quantitative estimate of drug-likeness (QED) is 0.669. The van der Waals surface area contributed by atoms with Crippen LogP contribution in [0.1, 0.15) is 26.7 Å².